The molecule has 1 aromatic carbocycles. The first kappa shape index (κ1) is 15.3. The molecule has 0 atom stereocenters. The van der Waals surface area contributed by atoms with Crippen LogP contribution in [-0.2, 0) is 16.1 Å². The van der Waals surface area contributed by atoms with Gasteiger partial charge in [0.15, 0.2) is 11.6 Å². The summed E-state index contributed by atoms with van der Waals surface area (Å²) in [6, 6.07) is 3.75. The van der Waals surface area contributed by atoms with Crippen LogP contribution >= 0.6 is 0 Å². The smallest absolute Gasteiger partial charge is 0.333 e. The van der Waals surface area contributed by atoms with E-state index < -0.39 is 11.6 Å². The van der Waals surface area contributed by atoms with E-state index in [1.165, 1.54) is 13.2 Å². The molecule has 0 saturated carbocycles. The van der Waals surface area contributed by atoms with E-state index in [1.54, 1.807) is 6.08 Å². The number of esters is 1. The molecule has 104 valence electrons. The van der Waals surface area contributed by atoms with Gasteiger partial charge in [0.05, 0.1) is 7.11 Å². The fourth-order valence-corrected chi connectivity index (χ4v) is 1.56. The van der Waals surface area contributed by atoms with Gasteiger partial charge in [-0.3, -0.25) is 0 Å². The lowest BCUT2D eigenvalue weighted by Gasteiger charge is -2.05. The van der Waals surface area contributed by atoms with Gasteiger partial charge in [0, 0.05) is 18.7 Å². The van der Waals surface area contributed by atoms with Crippen molar-refractivity contribution < 1.29 is 18.3 Å². The molecule has 0 aromatic heterocycles. The molecule has 0 spiro atoms. The quantitative estimate of drug-likeness (QED) is 0.490. The van der Waals surface area contributed by atoms with Crippen LogP contribution in [0.25, 0.3) is 0 Å². The SMILES string of the molecule is CC/C(=C/CNCc1ccc(F)c(F)c1)C(=O)OC. The molecule has 0 radical (unpaired) electrons. The maximum absolute atomic E-state index is 12.9. The first-order valence-electron chi connectivity index (χ1n) is 6.00. The van der Waals surface area contributed by atoms with Crippen molar-refractivity contribution in [1.82, 2.24) is 5.32 Å². The van der Waals surface area contributed by atoms with Crippen LogP contribution in [-0.4, -0.2) is 19.6 Å². The lowest BCUT2D eigenvalue weighted by molar-refractivity contribution is -0.136. The third kappa shape index (κ3) is 4.79. The molecule has 1 rings (SSSR count). The van der Waals surface area contributed by atoms with Crippen LogP contribution in [0.1, 0.15) is 18.9 Å². The average Bonchev–Trinajstić information content (AvgIpc) is 2.42. The maximum Gasteiger partial charge on any atom is 0.333 e. The third-order valence-corrected chi connectivity index (χ3v) is 2.63. The minimum absolute atomic E-state index is 0.350. The van der Waals surface area contributed by atoms with Gasteiger partial charge >= 0.3 is 5.97 Å². The highest BCUT2D eigenvalue weighted by molar-refractivity contribution is 5.88. The molecular formula is C14H17F2NO2. The van der Waals surface area contributed by atoms with E-state index in [2.05, 4.69) is 10.1 Å². The van der Waals surface area contributed by atoms with E-state index >= 15 is 0 Å². The number of benzene rings is 1. The standard InChI is InChI=1S/C14H17F2NO2/c1-3-11(14(18)19-2)6-7-17-9-10-4-5-12(15)13(16)8-10/h4-6,8,17H,3,7,9H2,1-2H3/b11-6-. The predicted molar refractivity (Wildman–Crippen MR) is 68.5 cm³/mol. The number of carbonyl (C=O) groups is 1. The van der Waals surface area contributed by atoms with Crippen molar-refractivity contribution in [3.63, 3.8) is 0 Å². The van der Waals surface area contributed by atoms with E-state index in [1.807, 2.05) is 6.92 Å². The molecule has 0 saturated heterocycles. The number of halogens is 2. The number of hydrogen-bond acceptors (Lipinski definition) is 3. The molecule has 1 aromatic rings. The highest BCUT2D eigenvalue weighted by Gasteiger charge is 2.06. The van der Waals surface area contributed by atoms with E-state index in [0.29, 0.717) is 30.6 Å². The Morgan fingerprint density at radius 3 is 2.68 bits per heavy atom. The summed E-state index contributed by atoms with van der Waals surface area (Å²) in [6.45, 7) is 2.71. The Morgan fingerprint density at radius 2 is 2.11 bits per heavy atom. The molecule has 0 amide bonds. The summed E-state index contributed by atoms with van der Waals surface area (Å²) in [4.78, 5) is 11.3. The van der Waals surface area contributed by atoms with Crippen molar-refractivity contribution in [1.29, 1.82) is 0 Å². The zero-order valence-electron chi connectivity index (χ0n) is 11.0. The fourth-order valence-electron chi connectivity index (χ4n) is 1.56. The van der Waals surface area contributed by atoms with Crippen molar-refractivity contribution in [2.75, 3.05) is 13.7 Å². The lowest BCUT2D eigenvalue weighted by Crippen LogP contribution is -2.15. The molecule has 0 unspecified atom stereocenters. The first-order chi connectivity index (χ1) is 9.08. The van der Waals surface area contributed by atoms with Crippen molar-refractivity contribution in [2.24, 2.45) is 0 Å². The summed E-state index contributed by atoms with van der Waals surface area (Å²) < 4.78 is 30.3. The van der Waals surface area contributed by atoms with Gasteiger partial charge < -0.3 is 10.1 Å². The Morgan fingerprint density at radius 1 is 1.37 bits per heavy atom. The van der Waals surface area contributed by atoms with Crippen molar-refractivity contribution in [3.8, 4) is 0 Å². The highest BCUT2D eigenvalue weighted by atomic mass is 19.2. The molecule has 0 bridgehead atoms. The van der Waals surface area contributed by atoms with Crippen molar-refractivity contribution in [3.05, 3.63) is 47.0 Å². The molecule has 19 heavy (non-hydrogen) atoms. The number of methoxy groups -OCH3 is 1. The zero-order chi connectivity index (χ0) is 14.3. The first-order valence-corrected chi connectivity index (χ1v) is 6.00. The predicted octanol–water partition coefficient (Wildman–Crippen LogP) is 2.56. The minimum Gasteiger partial charge on any atom is -0.466 e. The van der Waals surface area contributed by atoms with Crippen LogP contribution in [0, 0.1) is 11.6 Å². The second kappa shape index (κ2) is 7.63. The monoisotopic (exact) mass is 269 g/mol. The molecule has 0 fully saturated rings. The maximum atomic E-state index is 12.9. The molecule has 0 aliphatic rings. The minimum atomic E-state index is -0.862. The summed E-state index contributed by atoms with van der Waals surface area (Å²) >= 11 is 0. The fraction of sp³-hybridized carbons (Fsp3) is 0.357. The van der Waals surface area contributed by atoms with Gasteiger partial charge in [-0.2, -0.15) is 0 Å². The van der Waals surface area contributed by atoms with Gasteiger partial charge in [-0.1, -0.05) is 19.1 Å². The Kier molecular flexibility index (Phi) is 6.15. The van der Waals surface area contributed by atoms with Crippen LogP contribution in [0.2, 0.25) is 0 Å². The summed E-state index contributed by atoms with van der Waals surface area (Å²) in [6.07, 6.45) is 2.31. The number of hydrogen-bond donors (Lipinski definition) is 1. The molecule has 0 heterocycles. The largest absolute Gasteiger partial charge is 0.466 e. The average molecular weight is 269 g/mol. The van der Waals surface area contributed by atoms with Gasteiger partial charge in [0.1, 0.15) is 0 Å². The zero-order valence-corrected chi connectivity index (χ0v) is 11.0. The van der Waals surface area contributed by atoms with Crippen LogP contribution in [0.4, 0.5) is 8.78 Å². The number of carbonyl (C=O) groups excluding carboxylic acids is 1. The van der Waals surface area contributed by atoms with Crippen LogP contribution in [0.15, 0.2) is 29.8 Å². The lowest BCUT2D eigenvalue weighted by atomic mass is 10.2. The van der Waals surface area contributed by atoms with Gasteiger partial charge in [-0.25, -0.2) is 13.6 Å². The molecule has 3 nitrogen and oxygen atoms in total. The van der Waals surface area contributed by atoms with Gasteiger partial charge in [0.25, 0.3) is 0 Å². The van der Waals surface area contributed by atoms with E-state index in [4.69, 9.17) is 0 Å². The summed E-state index contributed by atoms with van der Waals surface area (Å²) in [7, 11) is 1.33. The summed E-state index contributed by atoms with van der Waals surface area (Å²) in [5.74, 6) is -2.07. The molecule has 0 aliphatic carbocycles. The number of ether oxygens (including phenoxy) is 1. The normalized spacial score (nSPS) is 11.5. The molecular weight excluding hydrogens is 252 g/mol. The third-order valence-electron chi connectivity index (χ3n) is 2.63. The topological polar surface area (TPSA) is 38.3 Å². The number of nitrogens with one attached hydrogen (secondary N) is 1. The Hall–Kier alpha value is -1.75. The van der Waals surface area contributed by atoms with Crippen LogP contribution < -0.4 is 5.32 Å². The van der Waals surface area contributed by atoms with Crippen molar-refractivity contribution in [2.45, 2.75) is 19.9 Å². The summed E-state index contributed by atoms with van der Waals surface area (Å²) in [5.41, 5.74) is 1.23. The second-order valence-electron chi connectivity index (χ2n) is 3.95. The molecule has 1 N–H and O–H groups in total. The summed E-state index contributed by atoms with van der Waals surface area (Å²) in [5, 5.41) is 3.02. The van der Waals surface area contributed by atoms with E-state index in [0.717, 1.165) is 12.1 Å². The number of rotatable bonds is 6. The van der Waals surface area contributed by atoms with Crippen LogP contribution in [0.5, 0.6) is 0 Å². The van der Waals surface area contributed by atoms with E-state index in [-0.39, 0.29) is 5.97 Å². The Labute approximate surface area is 111 Å². The molecule has 5 heteroatoms. The van der Waals surface area contributed by atoms with Gasteiger partial charge in [0.2, 0.25) is 0 Å². The van der Waals surface area contributed by atoms with Crippen molar-refractivity contribution >= 4 is 5.97 Å². The van der Waals surface area contributed by atoms with Gasteiger partial charge in [-0.15, -0.1) is 0 Å². The second-order valence-corrected chi connectivity index (χ2v) is 3.95. The highest BCUT2D eigenvalue weighted by Crippen LogP contribution is 2.08. The Balaban J connectivity index is 2.47. The van der Waals surface area contributed by atoms with E-state index in [9.17, 15) is 13.6 Å². The van der Waals surface area contributed by atoms with Crippen LogP contribution in [0.3, 0.4) is 0 Å². The molecule has 0 aliphatic heterocycles. The van der Waals surface area contributed by atoms with Gasteiger partial charge in [-0.05, 0) is 24.1 Å². The Bertz CT molecular complexity index is 473.